The van der Waals surface area contributed by atoms with E-state index in [-0.39, 0.29) is 0 Å². The van der Waals surface area contributed by atoms with Gasteiger partial charge >= 0.3 is 0 Å². The fourth-order valence-electron chi connectivity index (χ4n) is 2.52. The molecule has 0 aliphatic heterocycles. The molecule has 24 heavy (non-hydrogen) atoms. The van der Waals surface area contributed by atoms with E-state index in [1.807, 2.05) is 14.0 Å². The highest BCUT2D eigenvalue weighted by Gasteiger charge is 2.08. The van der Waals surface area contributed by atoms with E-state index in [2.05, 4.69) is 50.7 Å². The van der Waals surface area contributed by atoms with E-state index in [1.54, 1.807) is 25.5 Å². The molecule has 1 N–H and O–H groups in total. The van der Waals surface area contributed by atoms with Gasteiger partial charge in [-0.25, -0.2) is 4.98 Å². The average Bonchev–Trinajstić information content (AvgIpc) is 2.97. The zero-order chi connectivity index (χ0) is 17.5. The Kier molecular flexibility index (Phi) is 6.61. The molecule has 0 amide bonds. The summed E-state index contributed by atoms with van der Waals surface area (Å²) in [4.78, 5) is 10.9. The highest BCUT2D eigenvalue weighted by Crippen LogP contribution is 2.19. The maximum Gasteiger partial charge on any atom is 0.193 e. The van der Waals surface area contributed by atoms with E-state index in [0.29, 0.717) is 0 Å². The summed E-state index contributed by atoms with van der Waals surface area (Å²) < 4.78 is 5.38. The number of aromatic nitrogens is 1. The Morgan fingerprint density at radius 3 is 2.79 bits per heavy atom. The number of rotatable bonds is 6. The molecule has 0 saturated carbocycles. The summed E-state index contributed by atoms with van der Waals surface area (Å²) in [5.74, 6) is 1.81. The molecule has 0 radical (unpaired) electrons. The van der Waals surface area contributed by atoms with Crippen LogP contribution in [0.5, 0.6) is 5.75 Å². The van der Waals surface area contributed by atoms with Crippen LogP contribution in [0.4, 0.5) is 0 Å². The maximum absolute atomic E-state index is 5.38. The van der Waals surface area contributed by atoms with Gasteiger partial charge in [0.05, 0.1) is 24.4 Å². The quantitative estimate of drug-likeness (QED) is 0.645. The molecule has 2 aromatic rings. The lowest BCUT2D eigenvalue weighted by atomic mass is 10.1. The van der Waals surface area contributed by atoms with Crippen LogP contribution in [0.2, 0.25) is 0 Å². The Morgan fingerprint density at radius 1 is 1.38 bits per heavy atom. The summed E-state index contributed by atoms with van der Waals surface area (Å²) in [6.45, 7) is 5.65. The van der Waals surface area contributed by atoms with Gasteiger partial charge < -0.3 is 15.0 Å². The summed E-state index contributed by atoms with van der Waals surface area (Å²) in [6, 6.07) is 6.34. The number of ether oxygens (including phenoxy) is 1. The number of nitrogens with zero attached hydrogens (tertiary/aromatic N) is 3. The van der Waals surface area contributed by atoms with Crippen LogP contribution in [-0.4, -0.2) is 43.6 Å². The van der Waals surface area contributed by atoms with Gasteiger partial charge in [-0.1, -0.05) is 12.1 Å². The molecule has 0 fully saturated rings. The van der Waals surface area contributed by atoms with Gasteiger partial charge in [-0.2, -0.15) is 0 Å². The number of guanidine groups is 1. The third-order valence-electron chi connectivity index (χ3n) is 3.81. The second-order valence-corrected chi connectivity index (χ2v) is 6.80. The minimum atomic E-state index is 0.752. The van der Waals surface area contributed by atoms with Crippen molar-refractivity contribution in [1.82, 2.24) is 15.2 Å². The van der Waals surface area contributed by atoms with Crippen molar-refractivity contribution in [3.8, 4) is 5.75 Å². The zero-order valence-corrected chi connectivity index (χ0v) is 15.9. The van der Waals surface area contributed by atoms with Crippen LogP contribution in [0.15, 0.2) is 28.6 Å². The van der Waals surface area contributed by atoms with Gasteiger partial charge in [-0.05, 0) is 37.5 Å². The summed E-state index contributed by atoms with van der Waals surface area (Å²) >= 11 is 1.68. The normalized spacial score (nSPS) is 11.5. The SMILES string of the molecule is CN=C(NCCc1ccc(C)c(OC)c1)N(C)Cc1csc(C)n1. The zero-order valence-electron chi connectivity index (χ0n) is 15.1. The van der Waals surface area contributed by atoms with Crippen molar-refractivity contribution in [2.45, 2.75) is 26.8 Å². The largest absolute Gasteiger partial charge is 0.496 e. The van der Waals surface area contributed by atoms with Gasteiger partial charge in [0.25, 0.3) is 0 Å². The monoisotopic (exact) mass is 346 g/mol. The smallest absolute Gasteiger partial charge is 0.193 e. The van der Waals surface area contributed by atoms with Crippen LogP contribution in [0.25, 0.3) is 0 Å². The van der Waals surface area contributed by atoms with E-state index in [9.17, 15) is 0 Å². The number of hydrogen-bond acceptors (Lipinski definition) is 4. The summed E-state index contributed by atoms with van der Waals surface area (Å²) in [5.41, 5.74) is 3.48. The molecule has 0 aliphatic carbocycles. The number of hydrogen-bond donors (Lipinski definition) is 1. The average molecular weight is 347 g/mol. The molecule has 0 spiro atoms. The Labute approximate surface area is 148 Å². The lowest BCUT2D eigenvalue weighted by molar-refractivity contribution is 0.411. The number of aliphatic imine (C=N–C) groups is 1. The van der Waals surface area contributed by atoms with Crippen molar-refractivity contribution in [3.63, 3.8) is 0 Å². The van der Waals surface area contributed by atoms with Crippen LogP contribution < -0.4 is 10.1 Å². The summed E-state index contributed by atoms with van der Waals surface area (Å²) in [5, 5.41) is 6.59. The molecule has 1 heterocycles. The molecule has 1 aromatic heterocycles. The van der Waals surface area contributed by atoms with Gasteiger partial charge in [0.2, 0.25) is 0 Å². The molecule has 1 aromatic carbocycles. The molecule has 130 valence electrons. The standard InChI is InChI=1S/C18H26N4OS/c1-13-6-7-15(10-17(13)23-5)8-9-20-18(19-3)22(4)11-16-12-24-14(2)21-16/h6-7,10,12H,8-9,11H2,1-5H3,(H,19,20). The highest BCUT2D eigenvalue weighted by molar-refractivity contribution is 7.09. The highest BCUT2D eigenvalue weighted by atomic mass is 32.1. The maximum atomic E-state index is 5.38. The van der Waals surface area contributed by atoms with E-state index in [1.165, 1.54) is 5.56 Å². The lowest BCUT2D eigenvalue weighted by Crippen LogP contribution is -2.39. The predicted octanol–water partition coefficient (Wildman–Crippen LogP) is 3.02. The van der Waals surface area contributed by atoms with Crippen LogP contribution >= 0.6 is 11.3 Å². The first-order chi connectivity index (χ1) is 11.5. The molecule has 0 bridgehead atoms. The number of thiazole rings is 1. The Morgan fingerprint density at radius 2 is 2.17 bits per heavy atom. The number of benzene rings is 1. The summed E-state index contributed by atoms with van der Waals surface area (Å²) in [6.07, 6.45) is 0.916. The van der Waals surface area contributed by atoms with Crippen molar-refractivity contribution in [1.29, 1.82) is 0 Å². The van der Waals surface area contributed by atoms with Crippen molar-refractivity contribution >= 4 is 17.3 Å². The fourth-order valence-corrected chi connectivity index (χ4v) is 3.13. The van der Waals surface area contributed by atoms with Gasteiger partial charge in [-0.15, -0.1) is 11.3 Å². The van der Waals surface area contributed by atoms with Gasteiger partial charge in [0, 0.05) is 26.0 Å². The van der Waals surface area contributed by atoms with Crippen molar-refractivity contribution in [2.75, 3.05) is 27.7 Å². The number of nitrogens with one attached hydrogen (secondary N) is 1. The van der Waals surface area contributed by atoms with Crippen LogP contribution in [-0.2, 0) is 13.0 Å². The van der Waals surface area contributed by atoms with Gasteiger partial charge in [0.15, 0.2) is 5.96 Å². The molecule has 0 saturated heterocycles. The Hall–Kier alpha value is -2.08. The van der Waals surface area contributed by atoms with E-state index in [0.717, 1.165) is 47.5 Å². The Bertz CT molecular complexity index is 696. The second kappa shape index (κ2) is 8.68. The molecule has 5 nitrogen and oxygen atoms in total. The molecule has 6 heteroatoms. The van der Waals surface area contributed by atoms with E-state index < -0.39 is 0 Å². The lowest BCUT2D eigenvalue weighted by Gasteiger charge is -2.21. The van der Waals surface area contributed by atoms with Crippen molar-refractivity contribution < 1.29 is 4.74 Å². The first kappa shape index (κ1) is 18.3. The van der Waals surface area contributed by atoms with Gasteiger partial charge in [0.1, 0.15) is 5.75 Å². The second-order valence-electron chi connectivity index (χ2n) is 5.74. The van der Waals surface area contributed by atoms with Crippen molar-refractivity contribution in [2.24, 2.45) is 4.99 Å². The predicted molar refractivity (Wildman–Crippen MR) is 101 cm³/mol. The van der Waals surface area contributed by atoms with Crippen LogP contribution in [0, 0.1) is 13.8 Å². The molecule has 0 unspecified atom stereocenters. The molecular weight excluding hydrogens is 320 g/mol. The third kappa shape index (κ3) is 4.96. The number of methoxy groups -OCH3 is 1. The third-order valence-corrected chi connectivity index (χ3v) is 4.63. The Balaban J connectivity index is 1.87. The summed E-state index contributed by atoms with van der Waals surface area (Å²) in [7, 11) is 5.54. The van der Waals surface area contributed by atoms with Gasteiger partial charge in [-0.3, -0.25) is 4.99 Å². The first-order valence-corrected chi connectivity index (χ1v) is 8.87. The minimum absolute atomic E-state index is 0.752. The minimum Gasteiger partial charge on any atom is -0.496 e. The topological polar surface area (TPSA) is 49.8 Å². The fraction of sp³-hybridized carbons (Fsp3) is 0.444. The molecule has 0 aliphatic rings. The van der Waals surface area contributed by atoms with Crippen molar-refractivity contribution in [3.05, 3.63) is 45.4 Å². The van der Waals surface area contributed by atoms with E-state index >= 15 is 0 Å². The van der Waals surface area contributed by atoms with E-state index in [4.69, 9.17) is 4.74 Å². The van der Waals surface area contributed by atoms with Crippen LogP contribution in [0.3, 0.4) is 0 Å². The molecular formula is C18H26N4OS. The number of aryl methyl sites for hydroxylation is 2. The molecule has 2 rings (SSSR count). The molecule has 0 atom stereocenters. The van der Waals surface area contributed by atoms with Crippen LogP contribution in [0.1, 0.15) is 21.8 Å². The first-order valence-electron chi connectivity index (χ1n) is 7.99.